The van der Waals surface area contributed by atoms with Crippen molar-refractivity contribution in [1.82, 2.24) is 10.2 Å². The molecule has 1 N–H and O–H groups in total. The number of carbonyl (C=O) groups excluding carboxylic acids is 2. The van der Waals surface area contributed by atoms with Crippen molar-refractivity contribution in [2.75, 3.05) is 27.4 Å². The molecule has 0 unspecified atom stereocenters. The van der Waals surface area contributed by atoms with Crippen LogP contribution in [0, 0.1) is 5.92 Å². The minimum atomic E-state index is -0.597. The summed E-state index contributed by atoms with van der Waals surface area (Å²) in [7, 11) is 3.27. The number of nitrogens with zero attached hydrogens (tertiary/aromatic N) is 1. The van der Waals surface area contributed by atoms with Crippen LogP contribution in [-0.2, 0) is 19.0 Å². The third kappa shape index (κ3) is 3.60. The van der Waals surface area contributed by atoms with E-state index in [4.69, 9.17) is 14.2 Å². The largest absolute Gasteiger partial charge is 0.446 e. The number of hydrogen-bond acceptors (Lipinski definition) is 6. The molecule has 3 rings (SSSR count). The van der Waals surface area contributed by atoms with Gasteiger partial charge in [-0.3, -0.25) is 4.79 Å². The number of nitrogens with one attached hydrogen (secondary N) is 1. The van der Waals surface area contributed by atoms with Crippen molar-refractivity contribution >= 4 is 12.0 Å². The molecule has 2 saturated heterocycles. The monoisotopic (exact) mass is 362 g/mol. The third-order valence-electron chi connectivity index (χ3n) is 5.30. The van der Waals surface area contributed by atoms with Crippen LogP contribution in [0.2, 0.25) is 0 Å². The molecule has 0 spiro atoms. The number of hydrogen-bond donors (Lipinski definition) is 1. The van der Waals surface area contributed by atoms with Gasteiger partial charge in [0.15, 0.2) is 0 Å². The lowest BCUT2D eigenvalue weighted by molar-refractivity contribution is -0.138. The second-order valence-electron chi connectivity index (χ2n) is 6.81. The van der Waals surface area contributed by atoms with Gasteiger partial charge in [-0.1, -0.05) is 37.3 Å². The Morgan fingerprint density at radius 2 is 2.04 bits per heavy atom. The molecule has 1 aromatic rings. The van der Waals surface area contributed by atoms with Crippen LogP contribution in [0.15, 0.2) is 30.3 Å². The van der Waals surface area contributed by atoms with Crippen molar-refractivity contribution in [1.29, 1.82) is 0 Å². The average Bonchev–Trinajstić information content (AvgIpc) is 3.29. The summed E-state index contributed by atoms with van der Waals surface area (Å²) in [6.07, 6.45) is -0.0833. The first kappa shape index (κ1) is 18.8. The van der Waals surface area contributed by atoms with Gasteiger partial charge in [0.1, 0.15) is 12.6 Å². The van der Waals surface area contributed by atoms with Gasteiger partial charge in [0.2, 0.25) is 5.91 Å². The standard InChI is InChI=1S/C19H26N2O5/c1-12(17(25-3)15-9-14(24-2)10-20-15)18(22)21-16(11-26-19(21)23)13-7-5-4-6-8-13/h4-8,12,14-17,20H,9-11H2,1-3H3/t12-,14-,15+,16+,17-/m1/s1. The van der Waals surface area contributed by atoms with E-state index in [1.807, 2.05) is 30.3 Å². The molecule has 1 aromatic carbocycles. The van der Waals surface area contributed by atoms with Gasteiger partial charge in [0, 0.05) is 26.8 Å². The summed E-state index contributed by atoms with van der Waals surface area (Å²) in [5, 5.41) is 3.35. The number of benzene rings is 1. The van der Waals surface area contributed by atoms with E-state index in [-0.39, 0.29) is 30.8 Å². The molecule has 2 aliphatic rings. The maximum absolute atomic E-state index is 13.1. The van der Waals surface area contributed by atoms with Crippen molar-refractivity contribution in [3.05, 3.63) is 35.9 Å². The van der Waals surface area contributed by atoms with Gasteiger partial charge < -0.3 is 19.5 Å². The van der Waals surface area contributed by atoms with Crippen molar-refractivity contribution in [2.24, 2.45) is 5.92 Å². The number of methoxy groups -OCH3 is 2. The van der Waals surface area contributed by atoms with Gasteiger partial charge >= 0.3 is 6.09 Å². The molecule has 2 aliphatic heterocycles. The van der Waals surface area contributed by atoms with Crippen LogP contribution in [0.1, 0.15) is 24.9 Å². The van der Waals surface area contributed by atoms with E-state index in [2.05, 4.69) is 5.32 Å². The van der Waals surface area contributed by atoms with Gasteiger partial charge in [0.25, 0.3) is 0 Å². The van der Waals surface area contributed by atoms with Gasteiger partial charge in [0.05, 0.1) is 18.1 Å². The van der Waals surface area contributed by atoms with Crippen LogP contribution in [0.4, 0.5) is 4.79 Å². The molecule has 0 aromatic heterocycles. The number of cyclic esters (lactones) is 1. The highest BCUT2D eigenvalue weighted by molar-refractivity contribution is 5.95. The van der Waals surface area contributed by atoms with E-state index in [1.165, 1.54) is 4.90 Å². The van der Waals surface area contributed by atoms with Crippen molar-refractivity contribution in [3.8, 4) is 0 Å². The second kappa shape index (κ2) is 8.16. The van der Waals surface area contributed by atoms with Crippen LogP contribution in [-0.4, -0.2) is 62.5 Å². The van der Waals surface area contributed by atoms with Crippen LogP contribution < -0.4 is 5.32 Å². The van der Waals surface area contributed by atoms with Crippen LogP contribution in [0.5, 0.6) is 0 Å². The van der Waals surface area contributed by atoms with Crippen molar-refractivity contribution < 1.29 is 23.8 Å². The van der Waals surface area contributed by atoms with Gasteiger partial charge in [-0.2, -0.15) is 0 Å². The highest BCUT2D eigenvalue weighted by atomic mass is 16.6. The average molecular weight is 362 g/mol. The predicted molar refractivity (Wildman–Crippen MR) is 94.5 cm³/mol. The first-order chi connectivity index (χ1) is 12.6. The maximum Gasteiger partial charge on any atom is 0.417 e. The fourth-order valence-electron chi connectivity index (χ4n) is 3.82. The molecule has 2 amide bonds. The Bertz CT molecular complexity index is 638. The summed E-state index contributed by atoms with van der Waals surface area (Å²) >= 11 is 0. The van der Waals surface area contributed by atoms with Crippen molar-refractivity contribution in [2.45, 2.75) is 37.6 Å². The zero-order valence-electron chi connectivity index (χ0n) is 15.4. The molecule has 5 atom stereocenters. The lowest BCUT2D eigenvalue weighted by Crippen LogP contribution is -2.48. The normalized spacial score (nSPS) is 28.0. The summed E-state index contributed by atoms with van der Waals surface area (Å²) < 4.78 is 16.2. The lowest BCUT2D eigenvalue weighted by atomic mass is 9.94. The molecular formula is C19H26N2O5. The number of rotatable bonds is 6. The molecule has 0 saturated carbocycles. The molecule has 2 fully saturated rings. The minimum absolute atomic E-state index is 0.00213. The number of ether oxygens (including phenoxy) is 3. The minimum Gasteiger partial charge on any atom is -0.446 e. The van der Waals surface area contributed by atoms with E-state index in [0.717, 1.165) is 18.5 Å². The second-order valence-corrected chi connectivity index (χ2v) is 6.81. The summed E-state index contributed by atoms with van der Waals surface area (Å²) in [6, 6.07) is 9.05. The summed E-state index contributed by atoms with van der Waals surface area (Å²) in [5.74, 6) is -0.777. The Kier molecular flexibility index (Phi) is 5.90. The Balaban J connectivity index is 1.76. The number of amides is 2. The first-order valence-electron chi connectivity index (χ1n) is 8.90. The Labute approximate surface area is 153 Å². The molecule has 0 aliphatic carbocycles. The zero-order valence-corrected chi connectivity index (χ0v) is 15.4. The van der Waals surface area contributed by atoms with Gasteiger partial charge in [-0.05, 0) is 12.0 Å². The first-order valence-corrected chi connectivity index (χ1v) is 8.90. The van der Waals surface area contributed by atoms with Crippen LogP contribution >= 0.6 is 0 Å². The van der Waals surface area contributed by atoms with E-state index in [0.29, 0.717) is 0 Å². The molecule has 0 radical (unpaired) electrons. The lowest BCUT2D eigenvalue weighted by Gasteiger charge is -2.30. The number of imide groups is 1. The molecule has 142 valence electrons. The van der Waals surface area contributed by atoms with Gasteiger partial charge in [-0.15, -0.1) is 0 Å². The zero-order chi connectivity index (χ0) is 18.7. The summed E-state index contributed by atoms with van der Waals surface area (Å²) in [5.41, 5.74) is 0.881. The van der Waals surface area contributed by atoms with E-state index < -0.39 is 18.1 Å². The van der Waals surface area contributed by atoms with E-state index >= 15 is 0 Å². The topological polar surface area (TPSA) is 77.1 Å². The highest BCUT2D eigenvalue weighted by Gasteiger charge is 2.44. The van der Waals surface area contributed by atoms with Crippen LogP contribution in [0.3, 0.4) is 0 Å². The molecule has 2 heterocycles. The summed E-state index contributed by atoms with van der Waals surface area (Å²) in [4.78, 5) is 26.6. The molecular weight excluding hydrogens is 336 g/mol. The van der Waals surface area contributed by atoms with Crippen molar-refractivity contribution in [3.63, 3.8) is 0 Å². The molecule has 7 heteroatoms. The third-order valence-corrected chi connectivity index (χ3v) is 5.30. The molecule has 26 heavy (non-hydrogen) atoms. The van der Waals surface area contributed by atoms with Crippen LogP contribution in [0.25, 0.3) is 0 Å². The molecule has 7 nitrogen and oxygen atoms in total. The Morgan fingerprint density at radius 3 is 2.65 bits per heavy atom. The van der Waals surface area contributed by atoms with Gasteiger partial charge in [-0.25, -0.2) is 9.69 Å². The smallest absolute Gasteiger partial charge is 0.417 e. The SMILES string of the molecule is CO[C@H]1CN[C@H]([C@H](OC)[C@@H](C)C(=O)N2C(=O)OC[C@H]2c2ccccc2)C1. The van der Waals surface area contributed by atoms with E-state index in [9.17, 15) is 9.59 Å². The summed E-state index contributed by atoms with van der Waals surface area (Å²) in [6.45, 7) is 2.69. The molecule has 0 bridgehead atoms. The van der Waals surface area contributed by atoms with E-state index in [1.54, 1.807) is 21.1 Å². The fraction of sp³-hybridized carbons (Fsp3) is 0.579. The highest BCUT2D eigenvalue weighted by Crippen LogP contribution is 2.31. The quantitative estimate of drug-likeness (QED) is 0.831. The number of carbonyl (C=O) groups is 2. The predicted octanol–water partition coefficient (Wildman–Crippen LogP) is 1.73. The Morgan fingerprint density at radius 1 is 1.31 bits per heavy atom. The maximum atomic E-state index is 13.1. The Hall–Kier alpha value is -1.96. The fourth-order valence-corrected chi connectivity index (χ4v) is 3.82.